The van der Waals surface area contributed by atoms with Crippen LogP contribution in [0.25, 0.3) is 10.8 Å². The SMILES string of the molecule is Cn1cc(C(N)=O)cc1C(=O)NC(C(N)=O)c1ccc2ccccc2c1. The number of aryl methyl sites for hydroxylation is 1. The first kappa shape index (κ1) is 17.2. The Hall–Kier alpha value is -3.61. The molecule has 3 rings (SSSR count). The molecule has 0 saturated heterocycles. The summed E-state index contributed by atoms with van der Waals surface area (Å²) in [6.07, 6.45) is 1.45. The Morgan fingerprint density at radius 2 is 1.69 bits per heavy atom. The standard InChI is InChI=1S/C19H18N4O3/c1-23-10-14(17(20)24)9-15(23)19(26)22-16(18(21)25)13-7-6-11-4-2-3-5-12(11)8-13/h2-10,16H,1H3,(H2,20,24)(H2,21,25)(H,22,26). The molecule has 0 bridgehead atoms. The maximum atomic E-state index is 12.6. The van der Waals surface area contributed by atoms with E-state index in [9.17, 15) is 14.4 Å². The Bertz CT molecular complexity index is 1020. The lowest BCUT2D eigenvalue weighted by Crippen LogP contribution is -2.38. The molecular weight excluding hydrogens is 332 g/mol. The molecule has 26 heavy (non-hydrogen) atoms. The van der Waals surface area contributed by atoms with E-state index in [1.165, 1.54) is 16.8 Å². The summed E-state index contributed by atoms with van der Waals surface area (Å²) >= 11 is 0. The van der Waals surface area contributed by atoms with Crippen LogP contribution in [0.5, 0.6) is 0 Å². The van der Waals surface area contributed by atoms with Crippen LogP contribution in [0.4, 0.5) is 0 Å². The number of primary amides is 2. The van der Waals surface area contributed by atoms with E-state index in [1.807, 2.05) is 36.4 Å². The van der Waals surface area contributed by atoms with E-state index in [4.69, 9.17) is 11.5 Å². The van der Waals surface area contributed by atoms with E-state index in [2.05, 4.69) is 5.32 Å². The average molecular weight is 350 g/mol. The van der Waals surface area contributed by atoms with Gasteiger partial charge in [0.15, 0.2) is 0 Å². The van der Waals surface area contributed by atoms with Crippen molar-refractivity contribution in [2.24, 2.45) is 18.5 Å². The first-order valence-electron chi connectivity index (χ1n) is 7.92. The van der Waals surface area contributed by atoms with E-state index in [0.717, 1.165) is 10.8 Å². The molecule has 3 aromatic rings. The van der Waals surface area contributed by atoms with Crippen LogP contribution in [0.3, 0.4) is 0 Å². The van der Waals surface area contributed by atoms with Gasteiger partial charge >= 0.3 is 0 Å². The van der Waals surface area contributed by atoms with Crippen molar-refractivity contribution in [3.63, 3.8) is 0 Å². The number of nitrogens with zero attached hydrogens (tertiary/aromatic N) is 1. The highest BCUT2D eigenvalue weighted by Crippen LogP contribution is 2.21. The summed E-state index contributed by atoms with van der Waals surface area (Å²) < 4.78 is 1.47. The molecule has 0 spiro atoms. The Labute approximate surface area is 149 Å². The van der Waals surface area contributed by atoms with E-state index in [1.54, 1.807) is 13.1 Å². The van der Waals surface area contributed by atoms with Crippen molar-refractivity contribution in [1.82, 2.24) is 9.88 Å². The predicted molar refractivity (Wildman–Crippen MR) is 97.3 cm³/mol. The molecule has 0 aliphatic heterocycles. The van der Waals surface area contributed by atoms with Gasteiger partial charge in [0, 0.05) is 13.2 Å². The molecule has 0 radical (unpaired) electrons. The van der Waals surface area contributed by atoms with Crippen LogP contribution in [-0.2, 0) is 11.8 Å². The van der Waals surface area contributed by atoms with Gasteiger partial charge in [0.2, 0.25) is 11.8 Å². The first-order chi connectivity index (χ1) is 12.4. The highest BCUT2D eigenvalue weighted by molar-refractivity contribution is 6.00. The molecule has 5 N–H and O–H groups in total. The summed E-state index contributed by atoms with van der Waals surface area (Å²) in [6.45, 7) is 0. The zero-order valence-corrected chi connectivity index (χ0v) is 14.1. The number of carbonyl (C=O) groups excluding carboxylic acids is 3. The van der Waals surface area contributed by atoms with E-state index >= 15 is 0 Å². The summed E-state index contributed by atoms with van der Waals surface area (Å²) in [6, 6.07) is 13.5. The summed E-state index contributed by atoms with van der Waals surface area (Å²) in [4.78, 5) is 35.8. The smallest absolute Gasteiger partial charge is 0.268 e. The third-order valence-electron chi connectivity index (χ3n) is 4.19. The number of benzene rings is 2. The number of hydrogen-bond donors (Lipinski definition) is 3. The van der Waals surface area contributed by atoms with Gasteiger partial charge in [0.05, 0.1) is 5.56 Å². The van der Waals surface area contributed by atoms with Crippen LogP contribution >= 0.6 is 0 Å². The number of aromatic nitrogens is 1. The van der Waals surface area contributed by atoms with Gasteiger partial charge in [-0.1, -0.05) is 36.4 Å². The number of carbonyl (C=O) groups is 3. The van der Waals surface area contributed by atoms with Crippen LogP contribution in [0.15, 0.2) is 54.7 Å². The highest BCUT2D eigenvalue weighted by atomic mass is 16.2. The van der Waals surface area contributed by atoms with E-state index in [-0.39, 0.29) is 11.3 Å². The van der Waals surface area contributed by atoms with Crippen molar-refractivity contribution in [3.05, 3.63) is 71.5 Å². The molecule has 1 heterocycles. The molecule has 3 amide bonds. The molecule has 7 nitrogen and oxygen atoms in total. The van der Waals surface area contributed by atoms with Crippen molar-refractivity contribution >= 4 is 28.5 Å². The normalized spacial score (nSPS) is 11.9. The number of amides is 3. The van der Waals surface area contributed by atoms with Crippen molar-refractivity contribution in [3.8, 4) is 0 Å². The minimum absolute atomic E-state index is 0.200. The molecule has 0 saturated carbocycles. The molecule has 1 unspecified atom stereocenters. The molecule has 2 aromatic carbocycles. The highest BCUT2D eigenvalue weighted by Gasteiger charge is 2.23. The van der Waals surface area contributed by atoms with Gasteiger partial charge in [-0.15, -0.1) is 0 Å². The quantitative estimate of drug-likeness (QED) is 0.642. The molecule has 132 valence electrons. The number of fused-ring (bicyclic) bond motifs is 1. The molecule has 0 fully saturated rings. The zero-order valence-electron chi connectivity index (χ0n) is 14.1. The number of nitrogens with two attached hydrogens (primary N) is 2. The largest absolute Gasteiger partial charge is 0.368 e. The molecule has 0 aliphatic carbocycles. The van der Waals surface area contributed by atoms with Crippen LogP contribution in [0.1, 0.15) is 32.5 Å². The van der Waals surface area contributed by atoms with Crippen LogP contribution in [-0.4, -0.2) is 22.3 Å². The topological polar surface area (TPSA) is 120 Å². The van der Waals surface area contributed by atoms with E-state index in [0.29, 0.717) is 5.56 Å². The fourth-order valence-corrected chi connectivity index (χ4v) is 2.84. The van der Waals surface area contributed by atoms with Crippen LogP contribution < -0.4 is 16.8 Å². The minimum atomic E-state index is -1.00. The van der Waals surface area contributed by atoms with Gasteiger partial charge in [-0.3, -0.25) is 14.4 Å². The van der Waals surface area contributed by atoms with Crippen molar-refractivity contribution in [2.75, 3.05) is 0 Å². The van der Waals surface area contributed by atoms with Crippen molar-refractivity contribution in [1.29, 1.82) is 0 Å². The van der Waals surface area contributed by atoms with Gasteiger partial charge in [0.1, 0.15) is 11.7 Å². The van der Waals surface area contributed by atoms with Crippen molar-refractivity contribution in [2.45, 2.75) is 6.04 Å². The predicted octanol–water partition coefficient (Wildman–Crippen LogP) is 1.23. The van der Waals surface area contributed by atoms with Gasteiger partial charge in [-0.25, -0.2) is 0 Å². The monoisotopic (exact) mass is 350 g/mol. The Morgan fingerprint density at radius 1 is 1.00 bits per heavy atom. The second kappa shape index (κ2) is 6.72. The summed E-state index contributed by atoms with van der Waals surface area (Å²) in [5.74, 6) is -1.85. The van der Waals surface area contributed by atoms with Gasteiger partial charge in [-0.05, 0) is 28.5 Å². The molecule has 1 atom stereocenters. The maximum absolute atomic E-state index is 12.6. The van der Waals surface area contributed by atoms with Gasteiger partial charge < -0.3 is 21.4 Å². The second-order valence-electron chi connectivity index (χ2n) is 6.00. The number of hydrogen-bond acceptors (Lipinski definition) is 3. The summed E-state index contributed by atoms with van der Waals surface area (Å²) in [5, 5.41) is 4.56. The molecule has 1 aromatic heterocycles. The molecule has 7 heteroatoms. The van der Waals surface area contributed by atoms with Crippen LogP contribution in [0, 0.1) is 0 Å². The first-order valence-corrected chi connectivity index (χ1v) is 7.92. The summed E-state index contributed by atoms with van der Waals surface area (Å²) in [7, 11) is 1.61. The fraction of sp³-hybridized carbons (Fsp3) is 0.105. The Balaban J connectivity index is 1.91. The lowest BCUT2D eigenvalue weighted by molar-refractivity contribution is -0.120. The van der Waals surface area contributed by atoms with Crippen LogP contribution in [0.2, 0.25) is 0 Å². The maximum Gasteiger partial charge on any atom is 0.268 e. The fourth-order valence-electron chi connectivity index (χ4n) is 2.84. The molecule has 0 aliphatic rings. The lowest BCUT2D eigenvalue weighted by atomic mass is 10.0. The Morgan fingerprint density at radius 3 is 2.31 bits per heavy atom. The van der Waals surface area contributed by atoms with Crippen molar-refractivity contribution < 1.29 is 14.4 Å². The second-order valence-corrected chi connectivity index (χ2v) is 6.00. The molecular formula is C19H18N4O3. The third kappa shape index (κ3) is 3.27. The zero-order chi connectivity index (χ0) is 18.8. The van der Waals surface area contributed by atoms with E-state index < -0.39 is 23.8 Å². The number of rotatable bonds is 5. The summed E-state index contributed by atoms with van der Waals surface area (Å²) in [5.41, 5.74) is 11.7. The lowest BCUT2D eigenvalue weighted by Gasteiger charge is -2.17. The van der Waals surface area contributed by atoms with Gasteiger partial charge in [-0.2, -0.15) is 0 Å². The third-order valence-corrected chi connectivity index (χ3v) is 4.19. The number of nitrogens with one attached hydrogen (secondary N) is 1. The van der Waals surface area contributed by atoms with Gasteiger partial charge in [0.25, 0.3) is 5.91 Å². The Kier molecular flexibility index (Phi) is 4.45. The minimum Gasteiger partial charge on any atom is -0.368 e. The average Bonchev–Trinajstić information content (AvgIpc) is 3.01.